The third-order valence-electron chi connectivity index (χ3n) is 6.70. The van der Waals surface area contributed by atoms with Crippen molar-refractivity contribution in [2.75, 3.05) is 18.0 Å². The molecule has 1 spiro atoms. The fourth-order valence-corrected chi connectivity index (χ4v) is 5.23. The molecule has 1 unspecified atom stereocenters. The molecule has 0 fully saturated rings. The lowest BCUT2D eigenvalue weighted by atomic mass is 9.76. The number of carbonyl (C=O) groups is 1. The molecule has 0 saturated carbocycles. The molecule has 0 radical (unpaired) electrons. The van der Waals surface area contributed by atoms with Crippen molar-refractivity contribution in [2.24, 2.45) is 0 Å². The Kier molecular flexibility index (Phi) is 4.06. The van der Waals surface area contributed by atoms with Gasteiger partial charge in [-0.15, -0.1) is 0 Å². The average Bonchev–Trinajstić information content (AvgIpc) is 3.12. The first-order chi connectivity index (χ1) is 15.7. The zero-order chi connectivity index (χ0) is 21.9. The Balaban J connectivity index is 1.70. The summed E-state index contributed by atoms with van der Waals surface area (Å²) in [5, 5.41) is 2.12. The van der Waals surface area contributed by atoms with E-state index in [0.717, 1.165) is 46.3 Å². The summed E-state index contributed by atoms with van der Waals surface area (Å²) in [5.74, 6) is 1.12. The number of anilines is 1. The van der Waals surface area contributed by atoms with E-state index < -0.39 is 5.60 Å². The molecule has 0 N–H and O–H groups in total. The Morgan fingerprint density at radius 1 is 0.812 bits per heavy atom. The summed E-state index contributed by atoms with van der Waals surface area (Å²) in [6.07, 6.45) is 0. The minimum atomic E-state index is -1.03. The van der Waals surface area contributed by atoms with Gasteiger partial charge in [0.2, 0.25) is 0 Å². The van der Waals surface area contributed by atoms with E-state index >= 15 is 0 Å². The van der Waals surface area contributed by atoms with Gasteiger partial charge in [-0.05, 0) is 55.0 Å². The van der Waals surface area contributed by atoms with Gasteiger partial charge in [0, 0.05) is 29.9 Å². The van der Waals surface area contributed by atoms with E-state index in [4.69, 9.17) is 9.47 Å². The Morgan fingerprint density at radius 3 is 2.38 bits per heavy atom. The van der Waals surface area contributed by atoms with Crippen molar-refractivity contribution in [3.8, 4) is 11.5 Å². The number of nitrogens with zero attached hydrogens (tertiary/aromatic N) is 1. The van der Waals surface area contributed by atoms with Crippen LogP contribution in [0.25, 0.3) is 10.8 Å². The van der Waals surface area contributed by atoms with Gasteiger partial charge >= 0.3 is 5.97 Å². The van der Waals surface area contributed by atoms with E-state index in [9.17, 15) is 4.79 Å². The molecule has 4 heteroatoms. The molecule has 1 atom stereocenters. The lowest BCUT2D eigenvalue weighted by molar-refractivity contribution is 0.0229. The third kappa shape index (κ3) is 2.41. The van der Waals surface area contributed by atoms with Gasteiger partial charge in [-0.1, -0.05) is 48.5 Å². The van der Waals surface area contributed by atoms with Gasteiger partial charge in [0.25, 0.3) is 0 Å². The van der Waals surface area contributed by atoms with Crippen LogP contribution in [0.4, 0.5) is 5.69 Å². The highest BCUT2D eigenvalue weighted by molar-refractivity contribution is 6.00. The average molecular weight is 421 g/mol. The van der Waals surface area contributed by atoms with Crippen LogP contribution in [0.5, 0.6) is 11.5 Å². The van der Waals surface area contributed by atoms with Crippen LogP contribution in [0, 0.1) is 0 Å². The van der Waals surface area contributed by atoms with E-state index in [1.165, 1.54) is 5.69 Å². The van der Waals surface area contributed by atoms with Crippen LogP contribution < -0.4 is 9.64 Å². The molecule has 158 valence electrons. The molecule has 2 heterocycles. The number of benzene rings is 4. The minimum absolute atomic E-state index is 0.306. The smallest absolute Gasteiger partial charge is 0.340 e. The molecular formula is C28H23NO3. The van der Waals surface area contributed by atoms with Crippen LogP contribution in [0.3, 0.4) is 0 Å². The van der Waals surface area contributed by atoms with Crippen molar-refractivity contribution in [2.45, 2.75) is 19.4 Å². The van der Waals surface area contributed by atoms with Gasteiger partial charge in [-0.2, -0.15) is 0 Å². The Morgan fingerprint density at radius 2 is 1.56 bits per heavy atom. The van der Waals surface area contributed by atoms with E-state index in [1.807, 2.05) is 54.6 Å². The third-order valence-corrected chi connectivity index (χ3v) is 6.70. The molecule has 0 bridgehead atoms. The molecule has 0 aromatic heterocycles. The van der Waals surface area contributed by atoms with Crippen LogP contribution in [0.2, 0.25) is 0 Å². The fraction of sp³-hybridized carbons (Fsp3) is 0.179. The molecule has 4 nitrogen and oxygen atoms in total. The van der Waals surface area contributed by atoms with Crippen molar-refractivity contribution in [3.05, 3.63) is 101 Å². The number of fused-ring (bicyclic) bond motifs is 8. The van der Waals surface area contributed by atoms with Gasteiger partial charge in [0.1, 0.15) is 11.5 Å². The highest BCUT2D eigenvalue weighted by Crippen LogP contribution is 2.57. The number of para-hydroxylation sites is 1. The number of carbonyl (C=O) groups excluding carboxylic acids is 1. The molecule has 2 aliphatic heterocycles. The maximum Gasteiger partial charge on any atom is 0.340 e. The normalized spacial score (nSPS) is 18.0. The largest absolute Gasteiger partial charge is 0.456 e. The highest BCUT2D eigenvalue weighted by atomic mass is 16.6. The van der Waals surface area contributed by atoms with Crippen LogP contribution in [0.15, 0.2) is 78.9 Å². The lowest BCUT2D eigenvalue weighted by Crippen LogP contribution is -2.33. The SMILES string of the molecule is CCN(CC)c1ccc2c3c(ccc2c1)Oc1ccccc1C31OC(=O)c2ccccc21. The van der Waals surface area contributed by atoms with Crippen LogP contribution in [-0.4, -0.2) is 19.1 Å². The maximum absolute atomic E-state index is 13.0. The summed E-state index contributed by atoms with van der Waals surface area (Å²) in [6, 6.07) is 26.1. The first-order valence-corrected chi connectivity index (χ1v) is 11.1. The topological polar surface area (TPSA) is 38.8 Å². The minimum Gasteiger partial charge on any atom is -0.456 e. The number of hydrogen-bond donors (Lipinski definition) is 0. The predicted octanol–water partition coefficient (Wildman–Crippen LogP) is 6.25. The summed E-state index contributed by atoms with van der Waals surface area (Å²) < 4.78 is 12.7. The molecule has 0 aliphatic carbocycles. The standard InChI is InChI=1S/C28H23NO3/c1-3-29(4-2)19-14-15-20-18(17-19)13-16-25-26(20)28(23-11-7-8-12-24(23)31-25)22-10-6-5-9-21(22)27(30)32-28/h5-17H,3-4H2,1-2H3. The maximum atomic E-state index is 13.0. The first kappa shape index (κ1) is 18.9. The summed E-state index contributed by atoms with van der Waals surface area (Å²) in [6.45, 7) is 6.21. The second kappa shape index (κ2) is 6.86. The quantitative estimate of drug-likeness (QED) is 0.366. The predicted molar refractivity (Wildman–Crippen MR) is 126 cm³/mol. The Labute approximate surface area is 187 Å². The van der Waals surface area contributed by atoms with Crippen LogP contribution in [-0.2, 0) is 10.3 Å². The summed E-state index contributed by atoms with van der Waals surface area (Å²) in [4.78, 5) is 15.4. The van der Waals surface area contributed by atoms with E-state index in [0.29, 0.717) is 11.3 Å². The summed E-state index contributed by atoms with van der Waals surface area (Å²) in [5.41, 5.74) is 3.35. The molecule has 0 amide bonds. The van der Waals surface area contributed by atoms with Gasteiger partial charge < -0.3 is 14.4 Å². The first-order valence-electron chi connectivity index (χ1n) is 11.1. The van der Waals surface area contributed by atoms with Gasteiger partial charge in [-0.3, -0.25) is 0 Å². The zero-order valence-corrected chi connectivity index (χ0v) is 18.1. The van der Waals surface area contributed by atoms with E-state index in [1.54, 1.807) is 0 Å². The molecule has 6 rings (SSSR count). The Hall–Kier alpha value is -3.79. The second-order valence-electron chi connectivity index (χ2n) is 8.23. The highest BCUT2D eigenvalue weighted by Gasteiger charge is 2.54. The number of ether oxygens (including phenoxy) is 2. The Bertz CT molecular complexity index is 1390. The fourth-order valence-electron chi connectivity index (χ4n) is 5.23. The van der Waals surface area contributed by atoms with Crippen molar-refractivity contribution in [1.82, 2.24) is 0 Å². The molecule has 4 aromatic rings. The van der Waals surface area contributed by atoms with E-state index in [2.05, 4.69) is 43.0 Å². The van der Waals surface area contributed by atoms with E-state index in [-0.39, 0.29) is 5.97 Å². The van der Waals surface area contributed by atoms with Crippen molar-refractivity contribution in [3.63, 3.8) is 0 Å². The van der Waals surface area contributed by atoms with Crippen molar-refractivity contribution < 1.29 is 14.3 Å². The number of esters is 1. The monoisotopic (exact) mass is 421 g/mol. The van der Waals surface area contributed by atoms with Crippen LogP contribution >= 0.6 is 0 Å². The molecule has 0 saturated heterocycles. The lowest BCUT2D eigenvalue weighted by Gasteiger charge is -2.37. The van der Waals surface area contributed by atoms with Gasteiger partial charge in [0.05, 0.1) is 11.1 Å². The van der Waals surface area contributed by atoms with Crippen LogP contribution in [0.1, 0.15) is 40.9 Å². The molecule has 32 heavy (non-hydrogen) atoms. The van der Waals surface area contributed by atoms with Crippen molar-refractivity contribution >= 4 is 22.4 Å². The number of rotatable bonds is 3. The van der Waals surface area contributed by atoms with Crippen molar-refractivity contribution in [1.29, 1.82) is 0 Å². The number of hydrogen-bond acceptors (Lipinski definition) is 4. The van der Waals surface area contributed by atoms with Gasteiger partial charge in [-0.25, -0.2) is 4.79 Å². The zero-order valence-electron chi connectivity index (χ0n) is 18.1. The summed E-state index contributed by atoms with van der Waals surface area (Å²) in [7, 11) is 0. The summed E-state index contributed by atoms with van der Waals surface area (Å²) >= 11 is 0. The second-order valence-corrected chi connectivity index (χ2v) is 8.23. The van der Waals surface area contributed by atoms with Gasteiger partial charge in [0.15, 0.2) is 5.60 Å². The molecular weight excluding hydrogens is 398 g/mol. The molecule has 2 aliphatic rings. The molecule has 4 aromatic carbocycles.